The zero-order valence-electron chi connectivity index (χ0n) is 14.3. The van der Waals surface area contributed by atoms with Crippen molar-refractivity contribution in [3.63, 3.8) is 0 Å². The maximum atomic E-state index is 12.4. The Morgan fingerprint density at radius 1 is 1.18 bits per heavy atom. The van der Waals surface area contributed by atoms with E-state index in [-0.39, 0.29) is 17.8 Å². The van der Waals surface area contributed by atoms with Gasteiger partial charge >= 0.3 is 5.97 Å². The van der Waals surface area contributed by atoms with Crippen LogP contribution in [-0.2, 0) is 19.1 Å². The van der Waals surface area contributed by atoms with Gasteiger partial charge < -0.3 is 14.8 Å². The first kappa shape index (κ1) is 18.9. The Morgan fingerprint density at radius 3 is 2.45 bits per heavy atom. The van der Waals surface area contributed by atoms with E-state index in [1.165, 1.54) is 0 Å². The number of carbonyl (C=O) groups is 2. The predicted octanol–water partition coefficient (Wildman–Crippen LogP) is 2.82. The summed E-state index contributed by atoms with van der Waals surface area (Å²) in [6.45, 7) is 7.28. The van der Waals surface area contributed by atoms with Crippen molar-refractivity contribution in [3.8, 4) is 0 Å². The molecule has 0 aromatic carbocycles. The van der Waals surface area contributed by atoms with Gasteiger partial charge in [-0.1, -0.05) is 32.6 Å². The molecule has 1 N–H and O–H groups in total. The molecule has 1 aliphatic heterocycles. The maximum absolute atomic E-state index is 12.4. The van der Waals surface area contributed by atoms with E-state index in [1.54, 1.807) is 13.8 Å². The molecular formula is C17H31NO4. The zero-order valence-corrected chi connectivity index (χ0v) is 14.3. The van der Waals surface area contributed by atoms with E-state index in [2.05, 4.69) is 12.2 Å². The molecule has 1 amide bonds. The molecule has 0 aliphatic carbocycles. The van der Waals surface area contributed by atoms with Gasteiger partial charge in [0, 0.05) is 19.1 Å². The molecule has 5 heteroatoms. The van der Waals surface area contributed by atoms with Crippen LogP contribution >= 0.6 is 0 Å². The highest BCUT2D eigenvalue weighted by atomic mass is 16.5. The first-order valence-electron chi connectivity index (χ1n) is 8.60. The molecule has 0 bridgehead atoms. The van der Waals surface area contributed by atoms with Crippen LogP contribution in [0.3, 0.4) is 0 Å². The lowest BCUT2D eigenvalue weighted by atomic mass is 9.91. The molecule has 0 radical (unpaired) electrons. The molecule has 1 aliphatic rings. The summed E-state index contributed by atoms with van der Waals surface area (Å²) in [7, 11) is 0. The van der Waals surface area contributed by atoms with Crippen LogP contribution in [-0.4, -0.2) is 37.2 Å². The van der Waals surface area contributed by atoms with Crippen LogP contribution in [0.5, 0.6) is 0 Å². The van der Waals surface area contributed by atoms with E-state index >= 15 is 0 Å². The molecule has 1 rings (SSSR count). The number of rotatable bonds is 9. The number of ether oxygens (including phenoxy) is 2. The van der Waals surface area contributed by atoms with Gasteiger partial charge in [0.2, 0.25) is 5.91 Å². The number of hydrogen-bond acceptors (Lipinski definition) is 4. The van der Waals surface area contributed by atoms with Crippen LogP contribution in [0.2, 0.25) is 0 Å². The third kappa shape index (κ3) is 5.95. The number of amides is 1. The molecule has 0 unspecified atom stereocenters. The van der Waals surface area contributed by atoms with E-state index < -0.39 is 5.54 Å². The molecule has 0 aromatic heterocycles. The third-order valence-corrected chi connectivity index (χ3v) is 4.25. The summed E-state index contributed by atoms with van der Waals surface area (Å²) >= 11 is 0. The van der Waals surface area contributed by atoms with Crippen molar-refractivity contribution in [2.75, 3.05) is 19.8 Å². The average Bonchev–Trinajstić information content (AvgIpc) is 2.52. The van der Waals surface area contributed by atoms with Gasteiger partial charge in [-0.2, -0.15) is 0 Å². The Hall–Kier alpha value is -1.10. The SMILES string of the molecule is CCCCCC[C@@](C)(NC(=O)C1CCOCC1)C(=O)OCC. The second-order valence-electron chi connectivity index (χ2n) is 6.24. The summed E-state index contributed by atoms with van der Waals surface area (Å²) in [6.07, 6.45) is 6.34. The zero-order chi connectivity index (χ0) is 16.4. The maximum Gasteiger partial charge on any atom is 0.331 e. The van der Waals surface area contributed by atoms with E-state index in [9.17, 15) is 9.59 Å². The van der Waals surface area contributed by atoms with Crippen molar-refractivity contribution < 1.29 is 19.1 Å². The van der Waals surface area contributed by atoms with E-state index in [0.717, 1.165) is 38.5 Å². The molecule has 0 aromatic rings. The number of hydrogen-bond donors (Lipinski definition) is 1. The molecule has 1 heterocycles. The second-order valence-corrected chi connectivity index (χ2v) is 6.24. The highest BCUT2D eigenvalue weighted by Crippen LogP contribution is 2.21. The summed E-state index contributed by atoms with van der Waals surface area (Å²) < 4.78 is 10.5. The minimum Gasteiger partial charge on any atom is -0.464 e. The normalized spacial score (nSPS) is 18.5. The van der Waals surface area contributed by atoms with Gasteiger partial charge in [0.15, 0.2) is 0 Å². The van der Waals surface area contributed by atoms with Gasteiger partial charge in [0.05, 0.1) is 6.61 Å². The van der Waals surface area contributed by atoms with Crippen molar-refractivity contribution in [2.45, 2.75) is 71.3 Å². The topological polar surface area (TPSA) is 64.6 Å². The van der Waals surface area contributed by atoms with Crippen molar-refractivity contribution in [2.24, 2.45) is 5.92 Å². The van der Waals surface area contributed by atoms with Crippen molar-refractivity contribution in [1.29, 1.82) is 0 Å². The van der Waals surface area contributed by atoms with Gasteiger partial charge in [-0.3, -0.25) is 4.79 Å². The van der Waals surface area contributed by atoms with Crippen LogP contribution in [0.4, 0.5) is 0 Å². The molecule has 1 atom stereocenters. The molecular weight excluding hydrogens is 282 g/mol. The molecule has 1 fully saturated rings. The monoisotopic (exact) mass is 313 g/mol. The molecule has 0 saturated carbocycles. The van der Waals surface area contributed by atoms with E-state index in [1.807, 2.05) is 0 Å². The fourth-order valence-corrected chi connectivity index (χ4v) is 2.75. The summed E-state index contributed by atoms with van der Waals surface area (Å²) in [5.41, 5.74) is -0.918. The van der Waals surface area contributed by atoms with E-state index in [0.29, 0.717) is 26.2 Å². The fraction of sp³-hybridized carbons (Fsp3) is 0.882. The molecule has 0 spiro atoms. The first-order chi connectivity index (χ1) is 10.5. The van der Waals surface area contributed by atoms with Crippen LogP contribution in [0.1, 0.15) is 65.7 Å². The first-order valence-corrected chi connectivity index (χ1v) is 8.60. The average molecular weight is 313 g/mol. The largest absolute Gasteiger partial charge is 0.464 e. The Labute approximate surface area is 134 Å². The molecule has 128 valence electrons. The van der Waals surface area contributed by atoms with Crippen LogP contribution < -0.4 is 5.32 Å². The lowest BCUT2D eigenvalue weighted by Gasteiger charge is -2.31. The lowest BCUT2D eigenvalue weighted by molar-refractivity contribution is -0.154. The Kier molecular flexibility index (Phi) is 8.46. The number of esters is 1. The van der Waals surface area contributed by atoms with Gasteiger partial charge in [0.1, 0.15) is 5.54 Å². The van der Waals surface area contributed by atoms with Crippen molar-refractivity contribution in [1.82, 2.24) is 5.32 Å². The highest BCUT2D eigenvalue weighted by Gasteiger charge is 2.37. The Bertz CT molecular complexity index is 353. The predicted molar refractivity (Wildman–Crippen MR) is 85.5 cm³/mol. The Morgan fingerprint density at radius 2 is 1.86 bits per heavy atom. The third-order valence-electron chi connectivity index (χ3n) is 4.25. The van der Waals surface area contributed by atoms with E-state index in [4.69, 9.17) is 9.47 Å². The lowest BCUT2D eigenvalue weighted by Crippen LogP contribution is -2.55. The number of unbranched alkanes of at least 4 members (excludes halogenated alkanes) is 3. The summed E-state index contributed by atoms with van der Waals surface area (Å²) in [4.78, 5) is 24.7. The molecule has 22 heavy (non-hydrogen) atoms. The molecule has 5 nitrogen and oxygen atoms in total. The summed E-state index contributed by atoms with van der Waals surface area (Å²) in [5, 5.41) is 2.96. The highest BCUT2D eigenvalue weighted by molar-refractivity contribution is 5.88. The molecule has 1 saturated heterocycles. The summed E-state index contributed by atoms with van der Waals surface area (Å²) in [6, 6.07) is 0. The van der Waals surface area contributed by atoms with Crippen molar-refractivity contribution >= 4 is 11.9 Å². The quantitative estimate of drug-likeness (QED) is 0.525. The smallest absolute Gasteiger partial charge is 0.331 e. The Balaban J connectivity index is 2.62. The standard InChI is InChI=1S/C17H31NO4/c1-4-6-7-8-11-17(3,16(20)22-5-2)18-15(19)14-9-12-21-13-10-14/h14H,4-13H2,1-3H3,(H,18,19)/t17-/m1/s1. The van der Waals surface area contributed by atoms with Gasteiger partial charge in [0.25, 0.3) is 0 Å². The van der Waals surface area contributed by atoms with Gasteiger partial charge in [-0.25, -0.2) is 4.79 Å². The van der Waals surface area contributed by atoms with Gasteiger partial charge in [-0.15, -0.1) is 0 Å². The number of carbonyl (C=O) groups excluding carboxylic acids is 2. The minimum absolute atomic E-state index is 0.0469. The van der Waals surface area contributed by atoms with Crippen LogP contribution in [0.25, 0.3) is 0 Å². The number of nitrogens with one attached hydrogen (secondary N) is 1. The second kappa shape index (κ2) is 9.82. The van der Waals surface area contributed by atoms with Crippen LogP contribution in [0.15, 0.2) is 0 Å². The van der Waals surface area contributed by atoms with Crippen molar-refractivity contribution in [3.05, 3.63) is 0 Å². The summed E-state index contributed by atoms with van der Waals surface area (Å²) in [5.74, 6) is -0.431. The minimum atomic E-state index is -0.918. The van der Waals surface area contributed by atoms with Crippen LogP contribution in [0, 0.1) is 5.92 Å². The van der Waals surface area contributed by atoms with Gasteiger partial charge in [-0.05, 0) is 33.1 Å². The fourth-order valence-electron chi connectivity index (χ4n) is 2.75.